The maximum absolute atomic E-state index is 12.8. The van der Waals surface area contributed by atoms with Gasteiger partial charge < -0.3 is 9.51 Å². The standard InChI is InChI=1S/C19H15F3N2O2/c20-19(21,22)14-6-4-11(5-7-14)16-15-3-1-2-8-24(15)17(23-16)12-9-13(10-12)18(25)26/h1-8,12-13H,9-10H2,(H,25,26)/t12-,13+. The van der Waals surface area contributed by atoms with Gasteiger partial charge in [0.25, 0.3) is 0 Å². The van der Waals surface area contributed by atoms with E-state index in [-0.39, 0.29) is 11.8 Å². The summed E-state index contributed by atoms with van der Waals surface area (Å²) in [4.78, 5) is 15.7. The average Bonchev–Trinajstić information content (AvgIpc) is 2.92. The lowest BCUT2D eigenvalue weighted by Gasteiger charge is -2.31. The monoisotopic (exact) mass is 360 g/mol. The quantitative estimate of drug-likeness (QED) is 0.743. The second-order valence-corrected chi connectivity index (χ2v) is 6.55. The molecule has 4 rings (SSSR count). The third-order valence-corrected chi connectivity index (χ3v) is 4.91. The lowest BCUT2D eigenvalue weighted by Crippen LogP contribution is -2.29. The van der Waals surface area contributed by atoms with Crippen LogP contribution in [0, 0.1) is 5.92 Å². The van der Waals surface area contributed by atoms with E-state index >= 15 is 0 Å². The molecule has 1 aliphatic rings. The predicted molar refractivity (Wildman–Crippen MR) is 88.7 cm³/mol. The summed E-state index contributed by atoms with van der Waals surface area (Å²) in [6, 6.07) is 10.5. The number of carboxylic acids is 1. The molecule has 7 heteroatoms. The zero-order valence-corrected chi connectivity index (χ0v) is 13.6. The van der Waals surface area contributed by atoms with E-state index in [1.165, 1.54) is 12.1 Å². The van der Waals surface area contributed by atoms with Gasteiger partial charge in [0, 0.05) is 17.7 Å². The van der Waals surface area contributed by atoms with Crippen LogP contribution in [0.2, 0.25) is 0 Å². The van der Waals surface area contributed by atoms with Crippen molar-refractivity contribution in [3.8, 4) is 11.3 Å². The Morgan fingerprint density at radius 1 is 1.12 bits per heavy atom. The lowest BCUT2D eigenvalue weighted by atomic mass is 9.74. The van der Waals surface area contributed by atoms with Crippen molar-refractivity contribution in [2.24, 2.45) is 5.92 Å². The Kier molecular flexibility index (Phi) is 3.75. The third kappa shape index (κ3) is 2.73. The minimum Gasteiger partial charge on any atom is -0.481 e. The van der Waals surface area contributed by atoms with Crippen LogP contribution in [0.5, 0.6) is 0 Å². The Bertz CT molecular complexity index is 971. The Morgan fingerprint density at radius 3 is 2.42 bits per heavy atom. The summed E-state index contributed by atoms with van der Waals surface area (Å²) in [6.45, 7) is 0. The molecule has 0 unspecified atom stereocenters. The van der Waals surface area contributed by atoms with Gasteiger partial charge in [-0.2, -0.15) is 13.2 Å². The number of alkyl halides is 3. The Labute approximate surface area is 146 Å². The molecule has 0 atom stereocenters. The molecule has 26 heavy (non-hydrogen) atoms. The van der Waals surface area contributed by atoms with E-state index in [2.05, 4.69) is 4.98 Å². The van der Waals surface area contributed by atoms with Gasteiger partial charge in [-0.15, -0.1) is 0 Å². The maximum Gasteiger partial charge on any atom is 0.416 e. The highest BCUT2D eigenvalue weighted by Gasteiger charge is 2.38. The molecule has 0 aliphatic heterocycles. The molecule has 3 aromatic rings. The van der Waals surface area contributed by atoms with Crippen molar-refractivity contribution < 1.29 is 23.1 Å². The van der Waals surface area contributed by atoms with Gasteiger partial charge in [-0.05, 0) is 37.1 Å². The van der Waals surface area contributed by atoms with Crippen molar-refractivity contribution in [3.05, 3.63) is 60.0 Å². The second kappa shape index (κ2) is 5.86. The minimum atomic E-state index is -4.38. The van der Waals surface area contributed by atoms with Gasteiger partial charge in [0.15, 0.2) is 0 Å². The first kappa shape index (κ1) is 16.6. The first-order valence-electron chi connectivity index (χ1n) is 8.22. The number of hydrogen-bond donors (Lipinski definition) is 1. The van der Waals surface area contributed by atoms with Crippen molar-refractivity contribution in [3.63, 3.8) is 0 Å². The Morgan fingerprint density at radius 2 is 1.81 bits per heavy atom. The molecule has 2 heterocycles. The van der Waals surface area contributed by atoms with Crippen molar-refractivity contribution >= 4 is 11.5 Å². The normalized spacial score (nSPS) is 20.1. The van der Waals surface area contributed by atoms with Crippen molar-refractivity contribution in [2.75, 3.05) is 0 Å². The topological polar surface area (TPSA) is 54.6 Å². The molecule has 1 aliphatic carbocycles. The van der Waals surface area contributed by atoms with E-state index in [0.717, 1.165) is 23.5 Å². The first-order chi connectivity index (χ1) is 12.3. The fraction of sp³-hybridized carbons (Fsp3) is 0.263. The Balaban J connectivity index is 1.73. The number of hydrogen-bond acceptors (Lipinski definition) is 2. The zero-order valence-electron chi connectivity index (χ0n) is 13.6. The van der Waals surface area contributed by atoms with Crippen LogP contribution in [-0.4, -0.2) is 20.5 Å². The number of halogens is 3. The van der Waals surface area contributed by atoms with E-state index in [4.69, 9.17) is 5.11 Å². The third-order valence-electron chi connectivity index (χ3n) is 4.91. The molecule has 0 spiro atoms. The van der Waals surface area contributed by atoms with E-state index in [1.54, 1.807) is 0 Å². The summed E-state index contributed by atoms with van der Waals surface area (Å²) >= 11 is 0. The van der Waals surface area contributed by atoms with E-state index in [9.17, 15) is 18.0 Å². The van der Waals surface area contributed by atoms with Gasteiger partial charge in [0.1, 0.15) is 5.82 Å². The highest BCUT2D eigenvalue weighted by Crippen LogP contribution is 2.42. The van der Waals surface area contributed by atoms with Gasteiger partial charge in [0.05, 0.1) is 22.7 Å². The lowest BCUT2D eigenvalue weighted by molar-refractivity contribution is -0.145. The summed E-state index contributed by atoms with van der Waals surface area (Å²) in [6.07, 6.45) is -1.48. The zero-order chi connectivity index (χ0) is 18.5. The molecule has 0 bridgehead atoms. The molecule has 4 nitrogen and oxygen atoms in total. The molecule has 1 fully saturated rings. The number of aliphatic carboxylic acids is 1. The van der Waals surface area contributed by atoms with Crippen molar-refractivity contribution in [2.45, 2.75) is 24.9 Å². The molecule has 0 saturated heterocycles. The van der Waals surface area contributed by atoms with Crippen LogP contribution in [0.25, 0.3) is 16.8 Å². The number of aromatic nitrogens is 2. The van der Waals surface area contributed by atoms with E-state index in [1.807, 2.05) is 28.8 Å². The number of fused-ring (bicyclic) bond motifs is 1. The number of rotatable bonds is 3. The molecule has 2 aromatic heterocycles. The van der Waals surface area contributed by atoms with E-state index in [0.29, 0.717) is 24.1 Å². The van der Waals surface area contributed by atoms with Crippen LogP contribution in [0.4, 0.5) is 13.2 Å². The number of pyridine rings is 1. The average molecular weight is 360 g/mol. The number of carboxylic acid groups (broad SMARTS) is 1. The fourth-order valence-electron chi connectivity index (χ4n) is 3.41. The van der Waals surface area contributed by atoms with Crippen molar-refractivity contribution in [1.82, 2.24) is 9.38 Å². The molecule has 0 radical (unpaired) electrons. The van der Waals surface area contributed by atoms with Crippen LogP contribution in [0.15, 0.2) is 48.7 Å². The SMILES string of the molecule is O=C(O)[C@H]1C[C@@H](c2nc(-c3ccc(C(F)(F)F)cc3)c3ccccn32)C1. The van der Waals surface area contributed by atoms with Gasteiger partial charge >= 0.3 is 12.1 Å². The van der Waals surface area contributed by atoms with Gasteiger partial charge in [-0.25, -0.2) is 4.98 Å². The number of carbonyl (C=O) groups is 1. The molecule has 1 aromatic carbocycles. The van der Waals surface area contributed by atoms with Crippen LogP contribution >= 0.6 is 0 Å². The Hall–Kier alpha value is -2.83. The van der Waals surface area contributed by atoms with Gasteiger partial charge in [-0.3, -0.25) is 4.79 Å². The number of benzene rings is 1. The number of imidazole rings is 1. The molecular weight excluding hydrogens is 345 g/mol. The van der Waals surface area contributed by atoms with Crippen LogP contribution in [0.3, 0.4) is 0 Å². The van der Waals surface area contributed by atoms with E-state index < -0.39 is 17.7 Å². The van der Waals surface area contributed by atoms with Crippen LogP contribution < -0.4 is 0 Å². The minimum absolute atomic E-state index is 0.0363. The summed E-state index contributed by atoms with van der Waals surface area (Å²) in [5.74, 6) is -0.363. The fourth-order valence-corrected chi connectivity index (χ4v) is 3.41. The number of nitrogens with zero attached hydrogens (tertiary/aromatic N) is 2. The highest BCUT2D eigenvalue weighted by molar-refractivity contribution is 5.78. The molecule has 1 N–H and O–H groups in total. The highest BCUT2D eigenvalue weighted by atomic mass is 19.4. The van der Waals surface area contributed by atoms with Crippen molar-refractivity contribution in [1.29, 1.82) is 0 Å². The molecule has 1 saturated carbocycles. The summed E-state index contributed by atoms with van der Waals surface area (Å²) < 4.78 is 40.2. The first-order valence-corrected chi connectivity index (χ1v) is 8.22. The van der Waals surface area contributed by atoms with Crippen LogP contribution in [-0.2, 0) is 11.0 Å². The predicted octanol–water partition coefficient (Wildman–Crippen LogP) is 4.60. The van der Waals surface area contributed by atoms with Crippen LogP contribution in [0.1, 0.15) is 30.1 Å². The van der Waals surface area contributed by atoms with Gasteiger partial charge in [-0.1, -0.05) is 18.2 Å². The smallest absolute Gasteiger partial charge is 0.416 e. The van der Waals surface area contributed by atoms with Gasteiger partial charge in [0.2, 0.25) is 0 Å². The summed E-state index contributed by atoms with van der Waals surface area (Å²) in [5.41, 5.74) is 1.30. The molecule has 134 valence electrons. The maximum atomic E-state index is 12.8. The molecule has 0 amide bonds. The summed E-state index contributed by atoms with van der Waals surface area (Å²) in [7, 11) is 0. The second-order valence-electron chi connectivity index (χ2n) is 6.55. The molecular formula is C19H15F3N2O2. The largest absolute Gasteiger partial charge is 0.481 e. The summed E-state index contributed by atoms with van der Waals surface area (Å²) in [5, 5.41) is 9.07.